The highest BCUT2D eigenvalue weighted by Gasteiger charge is 2.43. The first-order chi connectivity index (χ1) is 11.3. The third kappa shape index (κ3) is 2.19. The fraction of sp³-hybridized carbons (Fsp3) is 0.526. The van der Waals surface area contributed by atoms with Gasteiger partial charge in [0, 0.05) is 30.6 Å². The molecule has 1 aromatic heterocycles. The minimum Gasteiger partial charge on any atom is -0.493 e. The van der Waals surface area contributed by atoms with Gasteiger partial charge in [0.15, 0.2) is 0 Å². The van der Waals surface area contributed by atoms with Gasteiger partial charge in [-0.2, -0.15) is 5.10 Å². The first kappa shape index (κ1) is 13.6. The molecule has 4 heteroatoms. The van der Waals surface area contributed by atoms with E-state index < -0.39 is 0 Å². The van der Waals surface area contributed by atoms with E-state index in [1.807, 2.05) is 6.20 Å². The first-order valence-electron chi connectivity index (χ1n) is 8.82. The van der Waals surface area contributed by atoms with E-state index in [-0.39, 0.29) is 0 Å². The van der Waals surface area contributed by atoms with E-state index in [0.29, 0.717) is 5.41 Å². The molecule has 3 aliphatic rings. The monoisotopic (exact) mass is 309 g/mol. The number of hydrogen-bond acceptors (Lipinski definition) is 3. The van der Waals surface area contributed by atoms with E-state index in [1.165, 1.54) is 54.6 Å². The number of fused-ring (bicyclic) bond motifs is 3. The van der Waals surface area contributed by atoms with Gasteiger partial charge in [-0.15, -0.1) is 0 Å². The zero-order valence-corrected chi connectivity index (χ0v) is 13.5. The summed E-state index contributed by atoms with van der Waals surface area (Å²) in [5.41, 5.74) is 6.00. The van der Waals surface area contributed by atoms with Gasteiger partial charge in [-0.3, -0.25) is 10.00 Å². The molecule has 2 aliphatic heterocycles. The van der Waals surface area contributed by atoms with Gasteiger partial charge in [-0.25, -0.2) is 0 Å². The second-order valence-electron chi connectivity index (χ2n) is 7.41. The Kier molecular flexibility index (Phi) is 3.02. The van der Waals surface area contributed by atoms with Gasteiger partial charge in [0.05, 0.1) is 12.8 Å². The number of aromatic nitrogens is 2. The van der Waals surface area contributed by atoms with Gasteiger partial charge in [-0.05, 0) is 55.0 Å². The van der Waals surface area contributed by atoms with Crippen LogP contribution in [-0.4, -0.2) is 34.8 Å². The molecule has 1 atom stereocenters. The van der Waals surface area contributed by atoms with E-state index >= 15 is 0 Å². The molecular weight excluding hydrogens is 286 g/mol. The molecule has 120 valence electrons. The van der Waals surface area contributed by atoms with Crippen LogP contribution >= 0.6 is 0 Å². The fourth-order valence-corrected chi connectivity index (χ4v) is 4.83. The van der Waals surface area contributed by atoms with E-state index in [1.54, 1.807) is 0 Å². The SMILES string of the molecule is c1cc2c(cc1CN1CCCC3(CCc4cn[nH]c43)C1)CCO2. The fourth-order valence-electron chi connectivity index (χ4n) is 4.83. The molecule has 0 saturated carbocycles. The van der Waals surface area contributed by atoms with Crippen molar-refractivity contribution in [3.05, 3.63) is 46.8 Å². The highest BCUT2D eigenvalue weighted by atomic mass is 16.5. The van der Waals surface area contributed by atoms with Crippen molar-refractivity contribution in [3.63, 3.8) is 0 Å². The predicted octanol–water partition coefficient (Wildman–Crippen LogP) is 2.82. The second kappa shape index (κ2) is 5.10. The molecule has 1 spiro atoms. The van der Waals surface area contributed by atoms with Gasteiger partial charge in [0.2, 0.25) is 0 Å². The molecule has 23 heavy (non-hydrogen) atoms. The van der Waals surface area contributed by atoms with Crippen LogP contribution in [0.4, 0.5) is 0 Å². The predicted molar refractivity (Wildman–Crippen MR) is 88.7 cm³/mol. The van der Waals surface area contributed by atoms with Gasteiger partial charge in [0.1, 0.15) is 5.75 Å². The summed E-state index contributed by atoms with van der Waals surface area (Å²) in [6.07, 6.45) is 8.15. The number of aromatic amines is 1. The van der Waals surface area contributed by atoms with E-state index in [9.17, 15) is 0 Å². The smallest absolute Gasteiger partial charge is 0.122 e. The van der Waals surface area contributed by atoms with Crippen molar-refractivity contribution in [1.29, 1.82) is 0 Å². The lowest BCUT2D eigenvalue weighted by Crippen LogP contribution is -2.44. The van der Waals surface area contributed by atoms with Crippen molar-refractivity contribution in [2.24, 2.45) is 0 Å². The van der Waals surface area contributed by atoms with Crippen molar-refractivity contribution >= 4 is 0 Å². The summed E-state index contributed by atoms with van der Waals surface area (Å²) >= 11 is 0. The van der Waals surface area contributed by atoms with Crippen molar-refractivity contribution in [3.8, 4) is 5.75 Å². The highest BCUT2D eigenvalue weighted by molar-refractivity contribution is 5.40. The van der Waals surface area contributed by atoms with Crippen molar-refractivity contribution in [2.75, 3.05) is 19.7 Å². The number of H-pyrrole nitrogens is 1. The zero-order valence-electron chi connectivity index (χ0n) is 13.5. The van der Waals surface area contributed by atoms with Gasteiger partial charge < -0.3 is 4.74 Å². The number of ether oxygens (including phenoxy) is 1. The maximum atomic E-state index is 5.63. The summed E-state index contributed by atoms with van der Waals surface area (Å²) in [7, 11) is 0. The Morgan fingerprint density at radius 2 is 2.22 bits per heavy atom. The van der Waals surface area contributed by atoms with Gasteiger partial charge in [-0.1, -0.05) is 12.1 Å². The van der Waals surface area contributed by atoms with Crippen LogP contribution in [0.1, 0.15) is 41.6 Å². The maximum absolute atomic E-state index is 5.63. The molecular formula is C19H23N3O. The minimum absolute atomic E-state index is 0.323. The Morgan fingerprint density at radius 3 is 3.22 bits per heavy atom. The average molecular weight is 309 g/mol. The molecule has 1 aliphatic carbocycles. The summed E-state index contributed by atoms with van der Waals surface area (Å²) in [5.74, 6) is 1.08. The third-order valence-corrected chi connectivity index (χ3v) is 5.94. The molecule has 1 fully saturated rings. The summed E-state index contributed by atoms with van der Waals surface area (Å²) < 4.78 is 5.63. The molecule has 1 saturated heterocycles. The Balaban J connectivity index is 1.36. The molecule has 4 nitrogen and oxygen atoms in total. The average Bonchev–Trinajstić information content (AvgIpc) is 3.26. The summed E-state index contributed by atoms with van der Waals surface area (Å²) in [5, 5.41) is 7.59. The van der Waals surface area contributed by atoms with Crippen molar-refractivity contribution in [1.82, 2.24) is 15.1 Å². The zero-order chi connectivity index (χ0) is 15.3. The highest BCUT2D eigenvalue weighted by Crippen LogP contribution is 2.44. The second-order valence-corrected chi connectivity index (χ2v) is 7.41. The summed E-state index contributed by atoms with van der Waals surface area (Å²) in [4.78, 5) is 2.64. The molecule has 1 unspecified atom stereocenters. The molecule has 3 heterocycles. The van der Waals surface area contributed by atoms with Crippen LogP contribution in [0.3, 0.4) is 0 Å². The van der Waals surface area contributed by atoms with Crippen LogP contribution in [0.15, 0.2) is 24.4 Å². The van der Waals surface area contributed by atoms with Crippen LogP contribution in [0.2, 0.25) is 0 Å². The Bertz CT molecular complexity index is 738. The van der Waals surface area contributed by atoms with E-state index in [0.717, 1.165) is 31.9 Å². The van der Waals surface area contributed by atoms with Crippen LogP contribution < -0.4 is 4.74 Å². The first-order valence-corrected chi connectivity index (χ1v) is 8.82. The molecule has 0 amide bonds. The molecule has 2 aromatic rings. The summed E-state index contributed by atoms with van der Waals surface area (Å²) in [6.45, 7) is 4.27. The van der Waals surface area contributed by atoms with Crippen LogP contribution in [-0.2, 0) is 24.8 Å². The Labute approximate surface area is 136 Å². The largest absolute Gasteiger partial charge is 0.493 e. The van der Waals surface area contributed by atoms with Crippen LogP contribution in [0.5, 0.6) is 5.75 Å². The topological polar surface area (TPSA) is 41.2 Å². The quantitative estimate of drug-likeness (QED) is 0.927. The Morgan fingerprint density at radius 1 is 1.22 bits per heavy atom. The van der Waals surface area contributed by atoms with Gasteiger partial charge >= 0.3 is 0 Å². The molecule has 0 radical (unpaired) electrons. The standard InChI is InChI=1S/C19H23N3O/c1-6-19(7-4-16-11-20-21-18(16)19)13-22(8-1)12-14-2-3-17-15(10-14)5-9-23-17/h2-3,10-11H,1,4-9,12-13H2,(H,20,21). The normalized spacial score (nSPS) is 26.3. The molecule has 1 aromatic carbocycles. The molecule has 5 rings (SSSR count). The maximum Gasteiger partial charge on any atom is 0.122 e. The minimum atomic E-state index is 0.323. The number of likely N-dealkylation sites (tertiary alicyclic amines) is 1. The number of aryl methyl sites for hydroxylation is 1. The van der Waals surface area contributed by atoms with Crippen molar-refractivity contribution < 1.29 is 4.74 Å². The van der Waals surface area contributed by atoms with E-state index in [2.05, 4.69) is 33.3 Å². The van der Waals surface area contributed by atoms with E-state index in [4.69, 9.17) is 4.74 Å². The number of nitrogens with one attached hydrogen (secondary N) is 1. The Hall–Kier alpha value is -1.81. The van der Waals surface area contributed by atoms with Crippen molar-refractivity contribution in [2.45, 2.75) is 44.1 Å². The van der Waals surface area contributed by atoms with Gasteiger partial charge in [0.25, 0.3) is 0 Å². The number of hydrogen-bond donors (Lipinski definition) is 1. The number of nitrogens with zero attached hydrogens (tertiary/aromatic N) is 2. The number of piperidine rings is 1. The summed E-state index contributed by atoms with van der Waals surface area (Å²) in [6, 6.07) is 6.74. The number of rotatable bonds is 2. The third-order valence-electron chi connectivity index (χ3n) is 5.94. The number of benzene rings is 1. The lowest BCUT2D eigenvalue weighted by molar-refractivity contribution is 0.136. The lowest BCUT2D eigenvalue weighted by atomic mass is 9.77. The van der Waals surface area contributed by atoms with Crippen LogP contribution in [0.25, 0.3) is 0 Å². The lowest BCUT2D eigenvalue weighted by Gasteiger charge is -2.40. The molecule has 0 bridgehead atoms. The molecule has 1 N–H and O–H groups in total. The van der Waals surface area contributed by atoms with Crippen LogP contribution in [0, 0.1) is 0 Å².